The van der Waals surface area contributed by atoms with Crippen LogP contribution < -0.4 is 0 Å². The molecule has 0 bridgehead atoms. The van der Waals surface area contributed by atoms with Crippen LogP contribution in [-0.2, 0) is 15.6 Å². The van der Waals surface area contributed by atoms with E-state index in [1.807, 2.05) is 0 Å². The zero-order valence-corrected chi connectivity index (χ0v) is 12.5. The molecule has 0 aromatic rings. The molecule has 0 unspecified atom stereocenters. The van der Waals surface area contributed by atoms with Gasteiger partial charge in [-0.15, -0.1) is 0 Å². The third-order valence-electron chi connectivity index (χ3n) is 3.38. The number of nitrogens with one attached hydrogen (secondary N) is 1. The third kappa shape index (κ3) is 2.54. The summed E-state index contributed by atoms with van der Waals surface area (Å²) in [6, 6.07) is 2.43. The second-order valence-corrected chi connectivity index (χ2v) is 6.95. The molecule has 2 nitrogen and oxygen atoms in total. The normalized spacial score (nSPS) is 12.4. The van der Waals surface area contributed by atoms with E-state index in [0.29, 0.717) is 0 Å². The molecule has 0 aliphatic heterocycles. The minimum Gasteiger partial charge on any atom is -0.222 e. The monoisotopic (exact) mass is 245 g/mol. The van der Waals surface area contributed by atoms with Crippen molar-refractivity contribution in [3.8, 4) is 11.1 Å². The lowest BCUT2D eigenvalue weighted by Crippen LogP contribution is -2.12. The molecule has 0 spiro atoms. The summed E-state index contributed by atoms with van der Waals surface area (Å²) in [7, 11) is 0. The fourth-order valence-corrected chi connectivity index (χ4v) is 2.43. The molecule has 0 saturated carbocycles. The second kappa shape index (κ2) is 4.37. The van der Waals surface area contributed by atoms with Crippen LogP contribution in [0, 0.1) is 12.3 Å². The highest BCUT2D eigenvalue weighted by molar-refractivity contribution is 5.96. The van der Waals surface area contributed by atoms with Gasteiger partial charge in [0.2, 0.25) is 6.08 Å². The van der Waals surface area contributed by atoms with E-state index in [1.165, 1.54) is 5.56 Å². The summed E-state index contributed by atoms with van der Waals surface area (Å²) in [4.78, 5) is 8.35. The predicted molar refractivity (Wildman–Crippen MR) is 76.0 cm³/mol. The van der Waals surface area contributed by atoms with Crippen molar-refractivity contribution in [2.45, 2.75) is 59.3 Å². The quantitative estimate of drug-likeness (QED) is 0.540. The van der Waals surface area contributed by atoms with Crippen LogP contribution in [0.15, 0.2) is 6.07 Å². The Balaban J connectivity index is 0.000000492. The van der Waals surface area contributed by atoms with Gasteiger partial charge in [-0.2, -0.15) is 0 Å². The van der Waals surface area contributed by atoms with Crippen molar-refractivity contribution >= 4 is 6.08 Å². The summed E-state index contributed by atoms with van der Waals surface area (Å²) in [6.45, 7) is 16.1. The van der Waals surface area contributed by atoms with Crippen LogP contribution in [0.1, 0.15) is 58.2 Å². The lowest BCUT2D eigenvalue weighted by molar-refractivity contribution is 0.562. The third-order valence-corrected chi connectivity index (χ3v) is 3.38. The molecule has 2 aliphatic rings. The highest BCUT2D eigenvalue weighted by atomic mass is 16.1. The zero-order valence-electron chi connectivity index (χ0n) is 12.5. The fourth-order valence-electron chi connectivity index (χ4n) is 2.43. The van der Waals surface area contributed by atoms with E-state index < -0.39 is 0 Å². The number of benzene rings is 1. The van der Waals surface area contributed by atoms with E-state index in [1.54, 1.807) is 22.3 Å². The van der Waals surface area contributed by atoms with Crippen molar-refractivity contribution in [2.24, 2.45) is 0 Å². The van der Waals surface area contributed by atoms with Gasteiger partial charge in [-0.25, -0.2) is 10.2 Å². The molecule has 2 heteroatoms. The van der Waals surface area contributed by atoms with Crippen LogP contribution in [0.2, 0.25) is 0 Å². The molecule has 98 valence electrons. The Kier molecular flexibility index (Phi) is 3.56. The van der Waals surface area contributed by atoms with E-state index in [9.17, 15) is 0 Å². The van der Waals surface area contributed by atoms with Crippen LogP contribution in [0.5, 0.6) is 0 Å². The lowest BCUT2D eigenvalue weighted by Gasteiger charge is -2.20. The van der Waals surface area contributed by atoms with Gasteiger partial charge in [-0.3, -0.25) is 0 Å². The van der Waals surface area contributed by atoms with Gasteiger partial charge in [0.25, 0.3) is 0 Å². The minimum absolute atomic E-state index is 0.283. The molecule has 0 fully saturated rings. The number of fused-ring (bicyclic) bond motifs is 1. The van der Waals surface area contributed by atoms with Crippen LogP contribution >= 0.6 is 0 Å². The van der Waals surface area contributed by atoms with Crippen molar-refractivity contribution in [3.05, 3.63) is 22.8 Å². The van der Waals surface area contributed by atoms with Crippen molar-refractivity contribution in [1.82, 2.24) is 0 Å². The highest BCUT2D eigenvalue weighted by Crippen LogP contribution is 2.55. The van der Waals surface area contributed by atoms with Gasteiger partial charge in [0, 0.05) is 0 Å². The van der Waals surface area contributed by atoms with Gasteiger partial charge >= 0.3 is 0 Å². The number of rotatable bonds is 0. The number of isocyanates is 1. The van der Waals surface area contributed by atoms with Crippen LogP contribution in [0.4, 0.5) is 0 Å². The van der Waals surface area contributed by atoms with E-state index in [-0.39, 0.29) is 10.8 Å². The Hall–Kier alpha value is -1.40. The number of hydrogen-bond acceptors (Lipinski definition) is 2. The molecule has 18 heavy (non-hydrogen) atoms. The molecular formula is C16H23NO. The van der Waals surface area contributed by atoms with E-state index >= 15 is 0 Å². The standard InChI is InChI=1S/C15H22.CHNO/c1-9-12-10(14(2,3)4)8-11(13(9)12)15(5,6)7;2-1-3/h8H,1-7H3;2H. The molecule has 0 amide bonds. The summed E-state index contributed by atoms with van der Waals surface area (Å²) in [5, 5.41) is 5.40. The molecule has 0 saturated heterocycles. The first-order chi connectivity index (χ1) is 8.05. The summed E-state index contributed by atoms with van der Waals surface area (Å²) in [6.07, 6.45) is 0.750. The van der Waals surface area contributed by atoms with Gasteiger partial charge in [-0.1, -0.05) is 47.6 Å². The van der Waals surface area contributed by atoms with Crippen molar-refractivity contribution in [2.75, 3.05) is 0 Å². The maximum absolute atomic E-state index is 8.35. The first-order valence-corrected chi connectivity index (χ1v) is 6.28. The van der Waals surface area contributed by atoms with Gasteiger partial charge in [0.15, 0.2) is 0 Å². The summed E-state index contributed by atoms with van der Waals surface area (Å²) >= 11 is 0. The van der Waals surface area contributed by atoms with Gasteiger partial charge in [0.1, 0.15) is 0 Å². The topological polar surface area (TPSA) is 40.9 Å². The molecular weight excluding hydrogens is 222 g/mol. The first-order valence-electron chi connectivity index (χ1n) is 6.28. The molecule has 2 aliphatic carbocycles. The van der Waals surface area contributed by atoms with Crippen LogP contribution in [0.3, 0.4) is 0 Å². The van der Waals surface area contributed by atoms with E-state index in [4.69, 9.17) is 10.2 Å². The second-order valence-electron chi connectivity index (χ2n) is 6.95. The van der Waals surface area contributed by atoms with E-state index in [0.717, 1.165) is 6.08 Å². The highest BCUT2D eigenvalue weighted by Gasteiger charge is 2.37. The number of aryl methyl sites for hydroxylation is 1. The molecule has 0 aromatic carbocycles. The zero-order chi connectivity index (χ0) is 14.3. The van der Waals surface area contributed by atoms with Gasteiger partial charge < -0.3 is 0 Å². The van der Waals surface area contributed by atoms with Crippen molar-refractivity contribution in [1.29, 1.82) is 5.41 Å². The number of carbonyl (C=O) groups excluding carboxylic acids is 1. The predicted octanol–water partition coefficient (Wildman–Crippen LogP) is 4.47. The lowest BCUT2D eigenvalue weighted by atomic mass is 9.84. The number of hydrogen-bond donors (Lipinski definition) is 1. The molecule has 0 aromatic heterocycles. The summed E-state index contributed by atoms with van der Waals surface area (Å²) in [5.41, 5.74) is 8.31. The first kappa shape index (κ1) is 14.7. The average molecular weight is 245 g/mol. The molecule has 0 heterocycles. The Morgan fingerprint density at radius 3 is 1.39 bits per heavy atom. The molecule has 1 N–H and O–H groups in total. The SMILES string of the molecule is Cc1c2c(C(C)(C)C)cc(C(C)(C)C)c1-2.N=C=O. The molecule has 0 radical (unpaired) electrons. The Labute approximate surface area is 110 Å². The molecule has 0 atom stereocenters. The van der Waals surface area contributed by atoms with Crippen molar-refractivity contribution < 1.29 is 4.79 Å². The van der Waals surface area contributed by atoms with E-state index in [2.05, 4.69) is 54.5 Å². The summed E-state index contributed by atoms with van der Waals surface area (Å²) < 4.78 is 0. The Morgan fingerprint density at radius 2 is 1.22 bits per heavy atom. The maximum Gasteiger partial charge on any atom is 0.231 e. The smallest absolute Gasteiger partial charge is 0.222 e. The van der Waals surface area contributed by atoms with Crippen LogP contribution in [0.25, 0.3) is 11.1 Å². The fraction of sp³-hybridized carbons (Fsp3) is 0.562. The summed E-state index contributed by atoms with van der Waals surface area (Å²) in [5.74, 6) is 0. The molecule has 2 rings (SSSR count). The van der Waals surface area contributed by atoms with Gasteiger partial charge in [-0.05, 0) is 45.6 Å². The maximum atomic E-state index is 8.35. The average Bonchev–Trinajstić information content (AvgIpc) is 2.65. The Bertz CT molecular complexity index is 469. The largest absolute Gasteiger partial charge is 0.231 e. The van der Waals surface area contributed by atoms with Gasteiger partial charge in [0.05, 0.1) is 0 Å². The van der Waals surface area contributed by atoms with Crippen molar-refractivity contribution in [3.63, 3.8) is 0 Å². The minimum atomic E-state index is 0.283. The van der Waals surface area contributed by atoms with Crippen LogP contribution in [-0.4, -0.2) is 6.08 Å². The Morgan fingerprint density at radius 1 is 0.944 bits per heavy atom.